The molecule has 5 amide bonds. The molecule has 0 saturated carbocycles. The van der Waals surface area contributed by atoms with Gasteiger partial charge in [0, 0.05) is 98.4 Å². The van der Waals surface area contributed by atoms with E-state index in [1.165, 1.54) is 0 Å². The minimum atomic E-state index is -1.58. The zero-order valence-corrected chi connectivity index (χ0v) is 47.6. The summed E-state index contributed by atoms with van der Waals surface area (Å²) in [4.78, 5) is 100. The van der Waals surface area contributed by atoms with E-state index in [1.807, 2.05) is 84.2 Å². The number of unbranched alkanes of at least 4 members (excludes halogenated alkanes) is 4. The van der Waals surface area contributed by atoms with Crippen molar-refractivity contribution < 1.29 is 63.2 Å². The number of hydrogen-bond donors (Lipinski definition) is 11. The fraction of sp³-hybridized carbons (Fsp3) is 0.424. The van der Waals surface area contributed by atoms with Crippen LogP contribution in [0.25, 0.3) is 33.4 Å². The lowest BCUT2D eigenvalue weighted by Crippen LogP contribution is -2.51. The van der Waals surface area contributed by atoms with Crippen LogP contribution in [-0.2, 0) is 35.2 Å². The van der Waals surface area contributed by atoms with E-state index < -0.39 is 72.7 Å². The number of nitrogens with zero attached hydrogens (tertiary/aromatic N) is 2. The highest BCUT2D eigenvalue weighted by Crippen LogP contribution is 2.42. The van der Waals surface area contributed by atoms with Gasteiger partial charge in [-0.15, -0.1) is 0 Å². The molecule has 0 radical (unpaired) electrons. The molecule has 5 rings (SSSR count). The van der Waals surface area contributed by atoms with Crippen LogP contribution in [0.15, 0.2) is 89.3 Å². The average Bonchev–Trinajstić information content (AvgIpc) is 3.65. The van der Waals surface area contributed by atoms with E-state index in [1.54, 1.807) is 6.07 Å². The normalized spacial score (nSPS) is 12.0. The Morgan fingerprint density at radius 2 is 1.27 bits per heavy atom. The van der Waals surface area contributed by atoms with Crippen molar-refractivity contribution in [2.75, 3.05) is 56.0 Å². The summed E-state index contributed by atoms with van der Waals surface area (Å²) < 4.78 is 8.84. The molecule has 2 aliphatic rings. The van der Waals surface area contributed by atoms with Gasteiger partial charge in [0.15, 0.2) is 5.11 Å². The minimum absolute atomic E-state index is 0.0190. The smallest absolute Gasteiger partial charge is 0.336 e. The maximum atomic E-state index is 13.3. The number of benzene rings is 4. The van der Waals surface area contributed by atoms with Crippen molar-refractivity contribution in [3.8, 4) is 22.5 Å². The third kappa shape index (κ3) is 19.6. The molecule has 3 aromatic rings. The molecule has 2 unspecified atom stereocenters. The van der Waals surface area contributed by atoms with Gasteiger partial charge >= 0.3 is 29.9 Å². The van der Waals surface area contributed by atoms with Crippen LogP contribution in [0.2, 0.25) is 0 Å². The number of urea groups is 1. The molecule has 23 heteroatoms. The molecule has 3 atom stereocenters. The Bertz CT molecular complexity index is 3090. The van der Waals surface area contributed by atoms with Gasteiger partial charge in [-0.2, -0.15) is 0 Å². The van der Waals surface area contributed by atoms with Gasteiger partial charge in [-0.3, -0.25) is 19.2 Å². The summed E-state index contributed by atoms with van der Waals surface area (Å²) in [7, 11) is 0. The van der Waals surface area contributed by atoms with Crippen LogP contribution in [0.5, 0.6) is 0 Å². The lowest BCUT2D eigenvalue weighted by Gasteiger charge is -2.22. The van der Waals surface area contributed by atoms with Crippen molar-refractivity contribution in [3.05, 3.63) is 101 Å². The summed E-state index contributed by atoms with van der Waals surface area (Å²) in [5.74, 6) is -6.08. The summed E-state index contributed by atoms with van der Waals surface area (Å²) in [6.45, 7) is 12.2. The molecule has 1 aliphatic heterocycles. The monoisotopic (exact) mass is 1150 g/mol. The molecular weight excluding hydrogens is 1070 g/mol. The summed E-state index contributed by atoms with van der Waals surface area (Å²) in [5, 5.41) is 59.0. The Kier molecular flexibility index (Phi) is 25.5. The van der Waals surface area contributed by atoms with Crippen LogP contribution in [0.3, 0.4) is 0 Å². The first-order chi connectivity index (χ1) is 39.3. The van der Waals surface area contributed by atoms with Crippen molar-refractivity contribution in [2.24, 2.45) is 0 Å². The number of rotatable bonds is 33. The Morgan fingerprint density at radius 1 is 0.622 bits per heavy atom. The molecule has 0 aromatic heterocycles. The number of thiocarbonyl (C=S) groups is 1. The number of carboxylic acid groups (broad SMARTS) is 4. The molecule has 0 spiro atoms. The zero-order chi connectivity index (χ0) is 59.7. The number of anilines is 2. The maximum absolute atomic E-state index is 13.3. The maximum Gasteiger partial charge on any atom is 0.336 e. The first-order valence-corrected chi connectivity index (χ1v) is 28.1. The van der Waals surface area contributed by atoms with Crippen molar-refractivity contribution in [2.45, 2.75) is 116 Å². The number of amides is 5. The topological polar surface area (TPSA) is 321 Å². The molecule has 440 valence electrons. The number of carbonyl (C=O) groups excluding carboxylic acids is 4. The highest BCUT2D eigenvalue weighted by molar-refractivity contribution is 7.80. The lowest BCUT2D eigenvalue weighted by molar-refractivity contribution is -0.141. The van der Waals surface area contributed by atoms with Gasteiger partial charge in [-0.05, 0) is 107 Å². The van der Waals surface area contributed by atoms with E-state index >= 15 is 0 Å². The molecule has 82 heavy (non-hydrogen) atoms. The second-order valence-corrected chi connectivity index (χ2v) is 19.9. The van der Waals surface area contributed by atoms with E-state index in [0.717, 1.165) is 85.0 Å². The Hall–Kier alpha value is -8.60. The molecular formula is C59H76N9O13S+. The van der Waals surface area contributed by atoms with Gasteiger partial charge in [0.1, 0.15) is 42.6 Å². The van der Waals surface area contributed by atoms with Crippen molar-refractivity contribution in [3.63, 3.8) is 0 Å². The van der Waals surface area contributed by atoms with Crippen molar-refractivity contribution >= 4 is 87.3 Å². The second-order valence-electron chi connectivity index (χ2n) is 19.5. The Morgan fingerprint density at radius 3 is 1.91 bits per heavy atom. The van der Waals surface area contributed by atoms with Crippen LogP contribution in [-0.4, -0.2) is 137 Å². The summed E-state index contributed by atoms with van der Waals surface area (Å²) in [6, 6.07) is 21.3. The highest BCUT2D eigenvalue weighted by Gasteiger charge is 2.27. The number of aliphatic carboxylic acids is 3. The van der Waals surface area contributed by atoms with Crippen molar-refractivity contribution in [1.82, 2.24) is 36.5 Å². The number of fused-ring (bicyclic) bond motifs is 2. The molecule has 1 aliphatic carbocycles. The third-order valence-electron chi connectivity index (χ3n) is 13.8. The Balaban J connectivity index is 1.07. The van der Waals surface area contributed by atoms with Crippen LogP contribution >= 0.6 is 12.2 Å². The van der Waals surface area contributed by atoms with E-state index in [4.69, 9.17) is 21.7 Å². The molecule has 22 nitrogen and oxygen atoms in total. The Labute approximate surface area is 481 Å². The first kappa shape index (κ1) is 64.2. The predicted octanol–water partition coefficient (Wildman–Crippen LogP) is 6.00. The molecule has 3 aromatic carbocycles. The standard InChI is InChI=1S/C59H75N9O13S/c1-5-67(6-2)39-21-24-42-48(35-39)81-49-36-40(68(7-3)8-4)22-25-43(49)53(42)41-23-20-38(34-44(41)55(74)75)63-59(82)62-30-16-11-9-10-15-19-51(70)64-47(33-37-17-13-12-14-18-37)54(73)61-32-31-60-50(69)28-26-45(56(76)77)65-58(80)66-46(57(78)79)27-29-52(71)72/h12-14,17-18,20-25,34-36,45-47H,5-11,15-16,19,26-33H2,1-4H3,(H10,60,61,62,64,65,66,69,70,71,72,73,74,75,76,77,78,79,80,82)/p+1/t45?,46?,47-/m0/s1. The first-order valence-electron chi connectivity index (χ1n) is 27.7. The summed E-state index contributed by atoms with van der Waals surface area (Å²) in [5.41, 5.74) is 5.20. The second kappa shape index (κ2) is 32.6. The fourth-order valence-corrected chi connectivity index (χ4v) is 9.62. The third-order valence-corrected chi connectivity index (χ3v) is 14.0. The van der Waals surface area contributed by atoms with Gasteiger partial charge in [0.2, 0.25) is 23.1 Å². The van der Waals surface area contributed by atoms with E-state index in [0.29, 0.717) is 40.7 Å². The molecule has 0 bridgehead atoms. The molecule has 0 saturated heterocycles. The predicted molar refractivity (Wildman–Crippen MR) is 316 cm³/mol. The zero-order valence-electron chi connectivity index (χ0n) is 46.8. The van der Waals surface area contributed by atoms with Crippen molar-refractivity contribution in [1.29, 1.82) is 0 Å². The summed E-state index contributed by atoms with van der Waals surface area (Å²) >= 11 is 5.61. The number of aromatic carboxylic acids is 1. The van der Waals surface area contributed by atoms with Gasteiger partial charge in [-0.25, -0.2) is 23.8 Å². The fourth-order valence-electron chi connectivity index (χ4n) is 9.40. The number of nitrogens with one attached hydrogen (secondary N) is 7. The summed E-state index contributed by atoms with van der Waals surface area (Å²) in [6.07, 6.45) is 2.54. The van der Waals surface area contributed by atoms with E-state index in [-0.39, 0.29) is 50.2 Å². The van der Waals surface area contributed by atoms with E-state index in [2.05, 4.69) is 69.1 Å². The van der Waals surface area contributed by atoms with Gasteiger partial charge in [0.25, 0.3) is 0 Å². The van der Waals surface area contributed by atoms with Gasteiger partial charge < -0.3 is 67.0 Å². The molecule has 11 N–H and O–H groups in total. The SMILES string of the molecule is CCN(CC)c1ccc2c(-c3ccc(NC(=S)NCCCCCCCC(=O)N[C@@H](Cc4ccccc4)C(=O)NCCNC(=O)CCC(NC(=O)NC(CCC(=O)O)C(=O)O)C(=O)O)cc3C(=O)O)c3ccc(=[N+](CC)CC)cc-3oc2c1. The lowest BCUT2D eigenvalue weighted by atomic mass is 9.90. The van der Waals surface area contributed by atoms with E-state index in [9.17, 15) is 53.7 Å². The van der Waals surface area contributed by atoms with Crippen LogP contribution in [0.4, 0.5) is 16.2 Å². The highest BCUT2D eigenvalue weighted by atomic mass is 32.1. The van der Waals surface area contributed by atoms with Gasteiger partial charge in [-0.1, -0.05) is 55.7 Å². The van der Waals surface area contributed by atoms with Crippen LogP contribution in [0.1, 0.15) is 108 Å². The van der Waals surface area contributed by atoms with Crippen LogP contribution in [0, 0.1) is 0 Å². The minimum Gasteiger partial charge on any atom is -0.481 e. The quantitative estimate of drug-likeness (QED) is 0.00993. The number of hydrogen-bond acceptors (Lipinski definition) is 11. The number of carboxylic acids is 4. The molecule has 0 fully saturated rings. The largest absolute Gasteiger partial charge is 0.481 e. The van der Waals surface area contributed by atoms with Gasteiger partial charge in [0.05, 0.1) is 11.6 Å². The number of carbonyl (C=O) groups is 8. The van der Waals surface area contributed by atoms with Crippen LogP contribution < -0.4 is 52.1 Å². The average molecular weight is 1150 g/mol. The molecule has 1 heterocycles.